The van der Waals surface area contributed by atoms with Gasteiger partial charge in [-0.05, 0) is 36.6 Å². The Bertz CT molecular complexity index is 1150. The summed E-state index contributed by atoms with van der Waals surface area (Å²) in [7, 11) is 1.63. The van der Waals surface area contributed by atoms with Crippen molar-refractivity contribution >= 4 is 11.6 Å². The molecule has 0 spiro atoms. The second kappa shape index (κ2) is 9.60. The van der Waals surface area contributed by atoms with Crippen molar-refractivity contribution in [1.82, 2.24) is 19.5 Å². The zero-order chi connectivity index (χ0) is 23.5. The highest BCUT2D eigenvalue weighted by Crippen LogP contribution is 2.33. The van der Waals surface area contributed by atoms with Crippen LogP contribution in [0.5, 0.6) is 11.5 Å². The molecule has 9 nitrogen and oxygen atoms in total. The molecule has 0 unspecified atom stereocenters. The maximum absolute atomic E-state index is 13.6. The summed E-state index contributed by atoms with van der Waals surface area (Å²) in [5.41, 5.74) is 1.97. The van der Waals surface area contributed by atoms with Crippen molar-refractivity contribution in [1.29, 1.82) is 0 Å². The fourth-order valence-corrected chi connectivity index (χ4v) is 4.34. The number of nitrogens with zero attached hydrogens (tertiary/aromatic N) is 4. The molecule has 0 aliphatic carbocycles. The SMILES string of the molecule is COc1ccc(CN(C[C@H]2CCCO2)C(=O)c2cnn3cccnc23)cc1OCC1(C)COC1. The van der Waals surface area contributed by atoms with Crippen molar-refractivity contribution in [3.05, 3.63) is 54.0 Å². The Morgan fingerprint density at radius 1 is 1.32 bits per heavy atom. The highest BCUT2D eigenvalue weighted by atomic mass is 16.5. The molecule has 34 heavy (non-hydrogen) atoms. The van der Waals surface area contributed by atoms with Crippen LogP contribution in [0.2, 0.25) is 0 Å². The van der Waals surface area contributed by atoms with E-state index in [-0.39, 0.29) is 17.4 Å². The van der Waals surface area contributed by atoms with E-state index in [2.05, 4.69) is 17.0 Å². The first kappa shape index (κ1) is 22.6. The maximum atomic E-state index is 13.6. The molecule has 9 heteroatoms. The molecular weight excluding hydrogens is 436 g/mol. The third kappa shape index (κ3) is 4.71. The van der Waals surface area contributed by atoms with Crippen molar-refractivity contribution in [3.63, 3.8) is 0 Å². The van der Waals surface area contributed by atoms with Gasteiger partial charge >= 0.3 is 0 Å². The number of ether oxygens (including phenoxy) is 4. The molecule has 0 N–H and O–H groups in total. The number of aromatic nitrogens is 3. The maximum Gasteiger partial charge on any atom is 0.259 e. The van der Waals surface area contributed by atoms with Crippen molar-refractivity contribution < 1.29 is 23.7 Å². The normalized spacial score (nSPS) is 19.1. The summed E-state index contributed by atoms with van der Waals surface area (Å²) in [6.45, 7) is 5.69. The van der Waals surface area contributed by atoms with Gasteiger partial charge in [0.15, 0.2) is 17.1 Å². The summed E-state index contributed by atoms with van der Waals surface area (Å²) in [6.07, 6.45) is 6.99. The first-order chi connectivity index (χ1) is 16.5. The van der Waals surface area contributed by atoms with Gasteiger partial charge < -0.3 is 23.8 Å². The van der Waals surface area contributed by atoms with Gasteiger partial charge in [-0.3, -0.25) is 4.79 Å². The van der Waals surface area contributed by atoms with Crippen LogP contribution in [0.4, 0.5) is 0 Å². The van der Waals surface area contributed by atoms with E-state index in [0.29, 0.717) is 55.6 Å². The minimum atomic E-state index is -0.124. The van der Waals surface area contributed by atoms with Gasteiger partial charge in [-0.2, -0.15) is 5.10 Å². The molecule has 0 saturated carbocycles. The Morgan fingerprint density at radius 3 is 2.94 bits per heavy atom. The molecule has 0 radical (unpaired) electrons. The van der Waals surface area contributed by atoms with Crippen LogP contribution in [-0.4, -0.2) is 71.6 Å². The lowest BCUT2D eigenvalue weighted by molar-refractivity contribution is -0.120. The molecule has 2 aromatic heterocycles. The second-order valence-corrected chi connectivity index (χ2v) is 9.34. The Kier molecular flexibility index (Phi) is 6.38. The Labute approximate surface area is 198 Å². The lowest BCUT2D eigenvalue weighted by Crippen LogP contribution is -2.44. The van der Waals surface area contributed by atoms with Gasteiger partial charge in [-0.1, -0.05) is 13.0 Å². The fourth-order valence-electron chi connectivity index (χ4n) is 4.34. The number of fused-ring (bicyclic) bond motifs is 1. The predicted octanol–water partition coefficient (Wildman–Crippen LogP) is 2.97. The molecule has 0 bridgehead atoms. The molecule has 3 aromatic rings. The van der Waals surface area contributed by atoms with Crippen molar-refractivity contribution in [2.45, 2.75) is 32.4 Å². The summed E-state index contributed by atoms with van der Waals surface area (Å²) in [4.78, 5) is 19.8. The van der Waals surface area contributed by atoms with Crippen molar-refractivity contribution in [3.8, 4) is 11.5 Å². The molecule has 2 saturated heterocycles. The first-order valence-corrected chi connectivity index (χ1v) is 11.6. The molecule has 1 amide bonds. The van der Waals surface area contributed by atoms with Gasteiger partial charge in [0, 0.05) is 37.5 Å². The minimum Gasteiger partial charge on any atom is -0.493 e. The summed E-state index contributed by atoms with van der Waals surface area (Å²) in [5, 5.41) is 4.29. The van der Waals surface area contributed by atoms with Crippen LogP contribution < -0.4 is 9.47 Å². The average Bonchev–Trinajstić information content (AvgIpc) is 3.51. The summed E-state index contributed by atoms with van der Waals surface area (Å²) in [6, 6.07) is 7.58. The van der Waals surface area contributed by atoms with E-state index in [1.165, 1.54) is 0 Å². The number of methoxy groups -OCH3 is 1. The third-order valence-corrected chi connectivity index (χ3v) is 6.32. The van der Waals surface area contributed by atoms with Gasteiger partial charge in [0.2, 0.25) is 0 Å². The standard InChI is InChI=1S/C25H30N4O5/c1-25(15-32-16-25)17-34-22-11-18(6-7-21(22)31-2)13-28(14-19-5-3-10-33-19)24(30)20-12-27-29-9-4-8-26-23(20)29/h4,6-9,11-12,19H,3,5,10,13-17H2,1-2H3/t19-/m1/s1. The number of benzene rings is 1. The van der Waals surface area contributed by atoms with Crippen LogP contribution in [0.1, 0.15) is 35.7 Å². The van der Waals surface area contributed by atoms with Crippen LogP contribution in [0.3, 0.4) is 0 Å². The van der Waals surface area contributed by atoms with E-state index in [1.807, 2.05) is 23.1 Å². The molecular formula is C25H30N4O5. The molecule has 4 heterocycles. The summed E-state index contributed by atoms with van der Waals surface area (Å²) >= 11 is 0. The van der Waals surface area contributed by atoms with E-state index in [1.54, 1.807) is 36.3 Å². The van der Waals surface area contributed by atoms with Gasteiger partial charge in [0.25, 0.3) is 5.91 Å². The van der Waals surface area contributed by atoms with Crippen LogP contribution in [0.25, 0.3) is 5.65 Å². The molecule has 2 fully saturated rings. The first-order valence-electron chi connectivity index (χ1n) is 11.6. The molecule has 1 atom stereocenters. The van der Waals surface area contributed by atoms with Gasteiger partial charge in [-0.25, -0.2) is 9.50 Å². The van der Waals surface area contributed by atoms with E-state index in [0.717, 1.165) is 25.0 Å². The monoisotopic (exact) mass is 466 g/mol. The highest BCUT2D eigenvalue weighted by molar-refractivity contribution is 5.99. The third-order valence-electron chi connectivity index (χ3n) is 6.32. The number of hydrogen-bond acceptors (Lipinski definition) is 7. The van der Waals surface area contributed by atoms with Crippen LogP contribution in [0, 0.1) is 5.41 Å². The quantitative estimate of drug-likeness (QED) is 0.479. The lowest BCUT2D eigenvalue weighted by atomic mass is 9.90. The lowest BCUT2D eigenvalue weighted by Gasteiger charge is -2.37. The molecule has 2 aliphatic heterocycles. The van der Waals surface area contributed by atoms with Crippen LogP contribution in [0.15, 0.2) is 42.9 Å². The largest absolute Gasteiger partial charge is 0.493 e. The van der Waals surface area contributed by atoms with E-state index >= 15 is 0 Å². The number of rotatable bonds is 9. The molecule has 5 rings (SSSR count). The van der Waals surface area contributed by atoms with Crippen molar-refractivity contribution in [2.75, 3.05) is 40.1 Å². The van der Waals surface area contributed by atoms with E-state index < -0.39 is 0 Å². The van der Waals surface area contributed by atoms with Gasteiger partial charge in [0.05, 0.1) is 39.2 Å². The second-order valence-electron chi connectivity index (χ2n) is 9.34. The van der Waals surface area contributed by atoms with E-state index in [9.17, 15) is 4.79 Å². The Morgan fingerprint density at radius 2 is 2.21 bits per heavy atom. The number of carbonyl (C=O) groups is 1. The zero-order valence-electron chi connectivity index (χ0n) is 19.6. The zero-order valence-corrected chi connectivity index (χ0v) is 19.6. The van der Waals surface area contributed by atoms with Gasteiger partial charge in [0.1, 0.15) is 5.56 Å². The number of carbonyl (C=O) groups excluding carboxylic acids is 1. The van der Waals surface area contributed by atoms with E-state index in [4.69, 9.17) is 18.9 Å². The molecule has 180 valence electrons. The number of hydrogen-bond donors (Lipinski definition) is 0. The fraction of sp³-hybridized carbons (Fsp3) is 0.480. The Balaban J connectivity index is 1.39. The van der Waals surface area contributed by atoms with Crippen LogP contribution in [-0.2, 0) is 16.0 Å². The summed E-state index contributed by atoms with van der Waals surface area (Å²) in [5.74, 6) is 1.20. The molecule has 1 aromatic carbocycles. The summed E-state index contributed by atoms with van der Waals surface area (Å²) < 4.78 is 24.4. The molecule has 2 aliphatic rings. The highest BCUT2D eigenvalue weighted by Gasteiger charge is 2.34. The number of amides is 1. The Hall–Kier alpha value is -3.17. The van der Waals surface area contributed by atoms with Crippen molar-refractivity contribution in [2.24, 2.45) is 5.41 Å². The topological polar surface area (TPSA) is 87.4 Å². The predicted molar refractivity (Wildman–Crippen MR) is 124 cm³/mol. The van der Waals surface area contributed by atoms with Crippen LogP contribution >= 0.6 is 0 Å². The smallest absolute Gasteiger partial charge is 0.259 e. The average molecular weight is 467 g/mol. The van der Waals surface area contributed by atoms with Gasteiger partial charge in [-0.15, -0.1) is 0 Å². The minimum absolute atomic E-state index is 0.0132.